The van der Waals surface area contributed by atoms with Crippen molar-refractivity contribution in [2.45, 2.75) is 138 Å². The fourth-order valence-corrected chi connectivity index (χ4v) is 20.0. The summed E-state index contributed by atoms with van der Waals surface area (Å²) in [4.78, 5) is 0. The molecule has 0 saturated heterocycles. The highest BCUT2D eigenvalue weighted by atomic mass is 15.0. The van der Waals surface area contributed by atoms with Gasteiger partial charge < -0.3 is 9.13 Å². The van der Waals surface area contributed by atoms with Crippen molar-refractivity contribution < 1.29 is 0 Å². The summed E-state index contributed by atoms with van der Waals surface area (Å²) < 4.78 is 4.86. The van der Waals surface area contributed by atoms with E-state index in [-0.39, 0.29) is 0 Å². The molecule has 2 nitrogen and oxygen atoms in total. The molecule has 0 saturated carbocycles. The minimum absolute atomic E-state index is 0.948. The first-order valence-electron chi connectivity index (χ1n) is 41.8. The molecule has 2 heterocycles. The van der Waals surface area contributed by atoms with Crippen LogP contribution in [0.4, 0.5) is 0 Å². The fraction of sp³-hybridized carbons (Fsp3) is 0.175. The first-order chi connectivity index (χ1) is 56.2. The lowest BCUT2D eigenvalue weighted by molar-refractivity contribution is 0.827. The van der Waals surface area contributed by atoms with E-state index in [0.29, 0.717) is 0 Å². The van der Waals surface area contributed by atoms with Crippen molar-refractivity contribution in [2.24, 2.45) is 0 Å². The van der Waals surface area contributed by atoms with Crippen molar-refractivity contribution in [3.8, 4) is 100 Å². The largest absolute Gasteiger partial charge is 0.341 e. The van der Waals surface area contributed by atoms with E-state index in [2.05, 4.69) is 401 Å². The minimum Gasteiger partial charge on any atom is -0.341 e. The summed E-state index contributed by atoms with van der Waals surface area (Å²) in [5.74, 6) is 0. The van der Waals surface area contributed by atoms with E-state index in [4.69, 9.17) is 0 Å². The lowest BCUT2D eigenvalue weighted by Crippen LogP contribution is -2.03. The van der Waals surface area contributed by atoms with Gasteiger partial charge >= 0.3 is 0 Å². The summed E-state index contributed by atoms with van der Waals surface area (Å²) in [7, 11) is 0. The van der Waals surface area contributed by atoms with Gasteiger partial charge in [-0.25, -0.2) is 0 Å². The monoisotopic (exact) mass is 1500 g/mol. The molecule has 116 heavy (non-hydrogen) atoms. The zero-order valence-corrected chi connectivity index (χ0v) is 70.7. The van der Waals surface area contributed by atoms with Crippen LogP contribution in [-0.2, 0) is 13.1 Å². The van der Waals surface area contributed by atoms with Crippen LogP contribution in [0.3, 0.4) is 0 Å². The Morgan fingerprint density at radius 1 is 0.155 bits per heavy atom. The molecule has 0 atom stereocenters. The minimum atomic E-state index is 0.948. The lowest BCUT2D eigenvalue weighted by Gasteiger charge is -2.27. The number of hydrogen-bond acceptors (Lipinski definition) is 0. The Hall–Kier alpha value is -12.6. The topological polar surface area (TPSA) is 9.86 Å². The standard InChI is InChI=1S/C60H53N.C54H49N/c1-10-61-53-19-15-14-18-51(53)52-34-50(32-33-54(52)61)47-26-30-49(31-27-47)60-57-41(8)37(4)35(2)39(6)55(57)59(56-40(7)36(3)38(5)42(9)58(56)60)48-28-24-46(25-29-48)45-22-20-44(21-23-45)43-16-12-11-13-17-43;1-10-55-47-19-15-14-18-45(47)46-30-44(28-29-48(46)55)41-22-26-43(27-23-41)54-51-37(8)33(4)31(2)35(6)49(51)53(50-36(7)32(3)34(5)38(9)52(50)54)42-24-20-40(21-25-42)39-16-12-11-13-17-39/h11-34H,10H2,1-9H3;11-30H,10H2,1-9H3. The van der Waals surface area contributed by atoms with Crippen LogP contribution in [0.15, 0.2) is 267 Å². The Morgan fingerprint density at radius 3 is 0.552 bits per heavy atom. The van der Waals surface area contributed by atoms with Crippen molar-refractivity contribution in [2.75, 3.05) is 0 Å². The lowest BCUT2D eigenvalue weighted by atomic mass is 9.76. The van der Waals surface area contributed by atoms with Gasteiger partial charge in [0.15, 0.2) is 0 Å². The summed E-state index contributed by atoms with van der Waals surface area (Å²) in [6, 6.07) is 99.5. The van der Waals surface area contributed by atoms with Crippen LogP contribution >= 0.6 is 0 Å². The number of para-hydroxylation sites is 2. The maximum atomic E-state index is 2.43. The van der Waals surface area contributed by atoms with Crippen LogP contribution in [0.25, 0.3) is 187 Å². The molecule has 0 radical (unpaired) electrons. The van der Waals surface area contributed by atoms with E-state index in [1.54, 1.807) is 0 Å². The molecule has 2 aromatic heterocycles. The number of hydrogen-bond donors (Lipinski definition) is 0. The zero-order valence-electron chi connectivity index (χ0n) is 70.7. The SMILES string of the molecule is CCn1c2ccccc2c2cc(-c3ccc(-c4c5c(C)c(C)c(C)c(C)c5c(-c5ccc(-c6ccc(-c7ccccc7)cc6)cc5)c5c(C)c(C)c(C)c(C)c45)cc3)ccc21.CCn1c2ccccc2c2cc(-c3ccc(-c4c5c(C)c(C)c(C)c(C)c5c(-c5ccc(-c6ccccc6)cc5)c5c(C)c(C)c(C)c(C)c45)cc3)ccc21. The Bertz CT molecular complexity index is 7060. The number of benzene rings is 17. The Balaban J connectivity index is 0.000000161. The van der Waals surface area contributed by atoms with Crippen molar-refractivity contribution in [3.63, 3.8) is 0 Å². The molecule has 2 heteroatoms. The molecule has 0 N–H and O–H groups in total. The van der Waals surface area contributed by atoms with E-state index in [1.165, 1.54) is 276 Å². The van der Waals surface area contributed by atoms with E-state index in [9.17, 15) is 0 Å². The Labute approximate surface area is 685 Å². The number of fused-ring (bicyclic) bond motifs is 10. The molecule has 0 spiro atoms. The van der Waals surface area contributed by atoms with Crippen LogP contribution in [0.1, 0.15) is 103 Å². The molecule has 0 aliphatic heterocycles. The molecule has 568 valence electrons. The third-order valence-corrected chi connectivity index (χ3v) is 27.7. The van der Waals surface area contributed by atoms with Gasteiger partial charge in [0.1, 0.15) is 0 Å². The summed E-state index contributed by atoms with van der Waals surface area (Å²) in [6.07, 6.45) is 0. The van der Waals surface area contributed by atoms with Crippen molar-refractivity contribution >= 4 is 86.7 Å². The first-order valence-corrected chi connectivity index (χ1v) is 41.8. The average Bonchev–Trinajstić information content (AvgIpc) is 0.917. The van der Waals surface area contributed by atoms with Gasteiger partial charge in [0.25, 0.3) is 0 Å². The molecule has 0 aliphatic rings. The summed E-state index contributed by atoms with van der Waals surface area (Å²) in [5.41, 5.74) is 50.0. The Kier molecular flexibility index (Phi) is 18.9. The first kappa shape index (κ1) is 74.8. The predicted molar refractivity (Wildman–Crippen MR) is 505 cm³/mol. The van der Waals surface area contributed by atoms with Gasteiger partial charge in [0.05, 0.1) is 0 Å². The second-order valence-electron chi connectivity index (χ2n) is 33.1. The van der Waals surface area contributed by atoms with Gasteiger partial charge in [-0.05, 0) is 393 Å². The number of aryl methyl sites for hydroxylation is 10. The van der Waals surface area contributed by atoms with E-state index in [1.807, 2.05) is 0 Å². The van der Waals surface area contributed by atoms with E-state index >= 15 is 0 Å². The zero-order chi connectivity index (χ0) is 80.5. The molecule has 0 fully saturated rings. The van der Waals surface area contributed by atoms with Gasteiger partial charge in [-0.3, -0.25) is 0 Å². The van der Waals surface area contributed by atoms with Crippen molar-refractivity contribution in [1.29, 1.82) is 0 Å². The highest BCUT2D eigenvalue weighted by Gasteiger charge is 2.29. The molecule has 0 unspecified atom stereocenters. The third kappa shape index (κ3) is 11.9. The van der Waals surface area contributed by atoms with Gasteiger partial charge in [0, 0.05) is 56.7 Å². The van der Waals surface area contributed by atoms with Gasteiger partial charge in [0.2, 0.25) is 0 Å². The molecule has 0 amide bonds. The second kappa shape index (κ2) is 29.3. The summed E-state index contributed by atoms with van der Waals surface area (Å²) in [6.45, 7) is 43.7. The van der Waals surface area contributed by atoms with Crippen LogP contribution in [0.2, 0.25) is 0 Å². The molecule has 19 rings (SSSR count). The van der Waals surface area contributed by atoms with Crippen LogP contribution in [0, 0.1) is 111 Å². The van der Waals surface area contributed by atoms with E-state index in [0.717, 1.165) is 13.1 Å². The summed E-state index contributed by atoms with van der Waals surface area (Å²) >= 11 is 0. The van der Waals surface area contributed by atoms with Crippen LogP contribution < -0.4 is 0 Å². The van der Waals surface area contributed by atoms with Crippen LogP contribution in [-0.4, -0.2) is 9.13 Å². The quantitative estimate of drug-likeness (QED) is 0.114. The predicted octanol–water partition coefficient (Wildman–Crippen LogP) is 32.2. The highest BCUT2D eigenvalue weighted by molar-refractivity contribution is 6.27. The number of nitrogens with zero attached hydrogens (tertiary/aromatic N) is 2. The average molecular weight is 1500 g/mol. The van der Waals surface area contributed by atoms with Crippen molar-refractivity contribution in [3.05, 3.63) is 356 Å². The maximum absolute atomic E-state index is 2.43. The maximum Gasteiger partial charge on any atom is 0.0491 e. The van der Waals surface area contributed by atoms with Crippen molar-refractivity contribution in [1.82, 2.24) is 9.13 Å². The normalized spacial score (nSPS) is 11.8. The number of aromatic nitrogens is 2. The van der Waals surface area contributed by atoms with Gasteiger partial charge in [-0.15, -0.1) is 0 Å². The van der Waals surface area contributed by atoms with E-state index < -0.39 is 0 Å². The smallest absolute Gasteiger partial charge is 0.0491 e. The fourth-order valence-electron chi connectivity index (χ4n) is 20.0. The van der Waals surface area contributed by atoms with Gasteiger partial charge in [-0.2, -0.15) is 0 Å². The highest BCUT2D eigenvalue weighted by Crippen LogP contribution is 2.54. The Morgan fingerprint density at radius 2 is 0.328 bits per heavy atom. The molecule has 19 aromatic rings. The molecular formula is C114H102N2. The molecule has 0 aliphatic carbocycles. The van der Waals surface area contributed by atoms with Crippen LogP contribution in [0.5, 0.6) is 0 Å². The molecular weight excluding hydrogens is 1400 g/mol. The second-order valence-corrected chi connectivity index (χ2v) is 33.1. The van der Waals surface area contributed by atoms with Gasteiger partial charge in [-0.1, -0.05) is 231 Å². The summed E-state index contributed by atoms with van der Waals surface area (Å²) in [5, 5.41) is 16.3. The molecule has 17 aromatic carbocycles. The third-order valence-electron chi connectivity index (χ3n) is 27.7. The molecule has 0 bridgehead atoms. The number of rotatable bonds is 11.